The van der Waals surface area contributed by atoms with Crippen LogP contribution in [-0.2, 0) is 0 Å². The van der Waals surface area contributed by atoms with E-state index in [1.807, 2.05) is 0 Å². The summed E-state index contributed by atoms with van der Waals surface area (Å²) in [7, 11) is 0.831. The molecule has 0 radical (unpaired) electrons. The molecule has 0 unspecified atom stereocenters. The fraction of sp³-hybridized carbons (Fsp3) is 1.00. The van der Waals surface area contributed by atoms with E-state index in [1.54, 1.807) is 0 Å². The highest BCUT2D eigenvalue weighted by atomic mass is 28.4. The van der Waals surface area contributed by atoms with E-state index in [1.165, 1.54) is 12.5 Å². The molecule has 1 nitrogen and oxygen atoms in total. The quantitative estimate of drug-likeness (QED) is 0.614. The first-order chi connectivity index (χ1) is 4.91. The third-order valence-corrected chi connectivity index (χ3v) is 11.4. The maximum atomic E-state index is 2.72. The first kappa shape index (κ1) is 11.4. The summed E-state index contributed by atoms with van der Waals surface area (Å²) < 4.78 is 2.72. The predicted octanol–water partition coefficient (Wildman–Crippen LogP) is 2.52. The van der Waals surface area contributed by atoms with Crippen LogP contribution in [0.15, 0.2) is 0 Å². The zero-order valence-corrected chi connectivity index (χ0v) is 11.1. The van der Waals surface area contributed by atoms with Crippen LogP contribution < -0.4 is 0 Å². The van der Waals surface area contributed by atoms with E-state index in [4.69, 9.17) is 0 Å². The SMILES string of the molecule is CCC[Si](C)(C)N(C)[SiH](C)C. The smallest absolute Gasteiger partial charge is 0.115 e. The lowest BCUT2D eigenvalue weighted by molar-refractivity contribution is 0.758. The first-order valence-corrected chi connectivity index (χ1v) is 10.6. The topological polar surface area (TPSA) is 3.24 Å². The van der Waals surface area contributed by atoms with Crippen molar-refractivity contribution < 1.29 is 0 Å². The summed E-state index contributed by atoms with van der Waals surface area (Å²) in [6.45, 7) is 12.1. The molecular formula is C8H23NSi2. The van der Waals surface area contributed by atoms with Crippen LogP contribution in [0.25, 0.3) is 0 Å². The molecule has 0 aliphatic heterocycles. The summed E-state index contributed by atoms with van der Waals surface area (Å²) >= 11 is 0. The van der Waals surface area contributed by atoms with Gasteiger partial charge >= 0.3 is 0 Å². The molecule has 0 spiro atoms. The monoisotopic (exact) mass is 189 g/mol. The minimum absolute atomic E-state index is 0.526. The maximum absolute atomic E-state index is 2.72. The van der Waals surface area contributed by atoms with E-state index in [0.717, 1.165) is 0 Å². The van der Waals surface area contributed by atoms with Crippen LogP contribution in [0, 0.1) is 0 Å². The summed E-state index contributed by atoms with van der Waals surface area (Å²) in [6, 6.07) is 1.45. The van der Waals surface area contributed by atoms with Gasteiger partial charge in [-0.3, -0.25) is 0 Å². The van der Waals surface area contributed by atoms with Crippen molar-refractivity contribution in [3.8, 4) is 0 Å². The van der Waals surface area contributed by atoms with Gasteiger partial charge in [0.25, 0.3) is 0 Å². The molecule has 11 heavy (non-hydrogen) atoms. The minimum Gasteiger partial charge on any atom is -0.351 e. The molecular weight excluding hydrogens is 166 g/mol. The zero-order chi connectivity index (χ0) is 9.07. The Morgan fingerprint density at radius 3 is 2.00 bits per heavy atom. The number of hydrogen-bond acceptors (Lipinski definition) is 1. The van der Waals surface area contributed by atoms with Gasteiger partial charge in [-0.05, 0) is 13.1 Å². The number of rotatable bonds is 4. The lowest BCUT2D eigenvalue weighted by atomic mass is 10.6. The third-order valence-electron chi connectivity index (χ3n) is 2.59. The van der Waals surface area contributed by atoms with E-state index in [9.17, 15) is 0 Å². The van der Waals surface area contributed by atoms with Crippen LogP contribution in [0.4, 0.5) is 0 Å². The Morgan fingerprint density at radius 1 is 1.27 bits per heavy atom. The van der Waals surface area contributed by atoms with Crippen molar-refractivity contribution >= 4 is 17.2 Å². The summed E-state index contributed by atoms with van der Waals surface area (Å²) in [5, 5.41) is 0. The Labute approximate surface area is 74.6 Å². The zero-order valence-electron chi connectivity index (χ0n) is 8.94. The molecule has 0 aromatic carbocycles. The maximum Gasteiger partial charge on any atom is 0.115 e. The van der Waals surface area contributed by atoms with E-state index in [2.05, 4.69) is 44.4 Å². The average molecular weight is 189 g/mol. The van der Waals surface area contributed by atoms with Crippen molar-refractivity contribution in [2.45, 2.75) is 45.6 Å². The van der Waals surface area contributed by atoms with Crippen LogP contribution >= 0.6 is 0 Å². The first-order valence-electron chi connectivity index (χ1n) is 4.64. The van der Waals surface area contributed by atoms with Gasteiger partial charge < -0.3 is 4.23 Å². The Balaban J connectivity index is 4.05. The van der Waals surface area contributed by atoms with E-state index in [-0.39, 0.29) is 0 Å². The molecule has 0 bridgehead atoms. The lowest BCUT2D eigenvalue weighted by Crippen LogP contribution is -2.51. The molecule has 0 fully saturated rings. The highest BCUT2D eigenvalue weighted by Gasteiger charge is 2.26. The number of nitrogens with zero attached hydrogens (tertiary/aromatic N) is 1. The van der Waals surface area contributed by atoms with Gasteiger partial charge in [0.1, 0.15) is 8.24 Å². The van der Waals surface area contributed by atoms with Crippen LogP contribution in [0.1, 0.15) is 13.3 Å². The second kappa shape index (κ2) is 4.43. The molecule has 0 saturated heterocycles. The van der Waals surface area contributed by atoms with Gasteiger partial charge in [-0.2, -0.15) is 0 Å². The molecule has 0 aliphatic carbocycles. The molecule has 0 aromatic heterocycles. The average Bonchev–Trinajstić information content (AvgIpc) is 1.86. The number of hydrogen-bond donors (Lipinski definition) is 0. The summed E-state index contributed by atoms with van der Waals surface area (Å²) in [6.07, 6.45) is 1.35. The van der Waals surface area contributed by atoms with Crippen LogP contribution in [0.3, 0.4) is 0 Å². The van der Waals surface area contributed by atoms with Gasteiger partial charge in [-0.25, -0.2) is 0 Å². The molecule has 3 heteroatoms. The summed E-state index contributed by atoms with van der Waals surface area (Å²) in [4.78, 5) is 0. The molecule has 0 aromatic rings. The molecule has 0 saturated carbocycles. The largest absolute Gasteiger partial charge is 0.351 e. The van der Waals surface area contributed by atoms with Crippen molar-refractivity contribution in [2.24, 2.45) is 0 Å². The predicted molar refractivity (Wildman–Crippen MR) is 59.2 cm³/mol. The molecule has 0 heterocycles. The Kier molecular flexibility index (Phi) is 4.59. The highest BCUT2D eigenvalue weighted by Crippen LogP contribution is 2.16. The van der Waals surface area contributed by atoms with Crippen molar-refractivity contribution in [2.75, 3.05) is 7.05 Å². The fourth-order valence-corrected chi connectivity index (χ4v) is 9.04. The summed E-state index contributed by atoms with van der Waals surface area (Å²) in [5.41, 5.74) is 0. The highest BCUT2D eigenvalue weighted by molar-refractivity contribution is 6.83. The second-order valence-electron chi connectivity index (χ2n) is 4.27. The molecule has 0 amide bonds. The van der Waals surface area contributed by atoms with Gasteiger partial charge in [-0.15, -0.1) is 0 Å². The molecule has 68 valence electrons. The Hall–Kier alpha value is 0.394. The van der Waals surface area contributed by atoms with Crippen molar-refractivity contribution in [1.82, 2.24) is 4.23 Å². The molecule has 0 N–H and O–H groups in total. The lowest BCUT2D eigenvalue weighted by Gasteiger charge is -2.36. The Morgan fingerprint density at radius 2 is 1.73 bits per heavy atom. The van der Waals surface area contributed by atoms with E-state index >= 15 is 0 Å². The van der Waals surface area contributed by atoms with E-state index < -0.39 is 17.2 Å². The minimum atomic E-state index is -0.975. The van der Waals surface area contributed by atoms with Crippen LogP contribution in [0.2, 0.25) is 32.2 Å². The molecule has 0 atom stereocenters. The fourth-order valence-electron chi connectivity index (χ4n) is 1.49. The second-order valence-corrected chi connectivity index (χ2v) is 12.6. The van der Waals surface area contributed by atoms with Gasteiger partial charge in [0.05, 0.1) is 8.96 Å². The van der Waals surface area contributed by atoms with Gasteiger partial charge in [-0.1, -0.05) is 39.5 Å². The Bertz CT molecular complexity index is 113. The van der Waals surface area contributed by atoms with Crippen LogP contribution in [-0.4, -0.2) is 28.5 Å². The third kappa shape index (κ3) is 3.53. The normalized spacial score (nSPS) is 13.1. The van der Waals surface area contributed by atoms with Crippen LogP contribution in [0.5, 0.6) is 0 Å². The molecule has 0 rings (SSSR count). The van der Waals surface area contributed by atoms with Gasteiger partial charge in [0, 0.05) is 0 Å². The van der Waals surface area contributed by atoms with Crippen molar-refractivity contribution in [1.29, 1.82) is 0 Å². The van der Waals surface area contributed by atoms with E-state index in [0.29, 0.717) is 0 Å². The van der Waals surface area contributed by atoms with Crippen molar-refractivity contribution in [3.05, 3.63) is 0 Å². The van der Waals surface area contributed by atoms with Crippen molar-refractivity contribution in [3.63, 3.8) is 0 Å². The van der Waals surface area contributed by atoms with Gasteiger partial charge in [0.15, 0.2) is 0 Å². The van der Waals surface area contributed by atoms with Gasteiger partial charge in [0.2, 0.25) is 0 Å². The molecule has 0 aliphatic rings. The standard InChI is InChI=1S/C8H23NSi2/c1-7-8-11(5,6)9(2)10(3)4/h10H,7-8H2,1-6H3. The summed E-state index contributed by atoms with van der Waals surface area (Å²) in [5.74, 6) is 0.